The first-order valence-corrected chi connectivity index (χ1v) is 7.94. The number of hydrogen-bond donors (Lipinski definition) is 0. The number of allylic oxidation sites excluding steroid dienone is 1. The van der Waals surface area contributed by atoms with Crippen LogP contribution in [0.1, 0.15) is 51.3 Å². The van der Waals surface area contributed by atoms with Crippen LogP contribution in [0.15, 0.2) is 28.8 Å². The zero-order valence-corrected chi connectivity index (χ0v) is 13.2. The lowest BCUT2D eigenvalue weighted by molar-refractivity contribution is 0.00578. The Morgan fingerprint density at radius 2 is 1.85 bits per heavy atom. The van der Waals surface area contributed by atoms with Crippen molar-refractivity contribution in [2.75, 3.05) is 0 Å². The Morgan fingerprint density at radius 1 is 1.25 bits per heavy atom. The lowest BCUT2D eigenvalue weighted by Crippen LogP contribution is -2.41. The molecule has 0 N–H and O–H groups in total. The predicted octanol–water partition coefficient (Wildman–Crippen LogP) is 4.48. The van der Waals surface area contributed by atoms with Crippen molar-refractivity contribution in [2.45, 2.75) is 57.7 Å². The Morgan fingerprint density at radius 3 is 2.35 bits per heavy atom. The second-order valence-corrected chi connectivity index (χ2v) is 7.64. The van der Waals surface area contributed by atoms with Crippen LogP contribution in [0.5, 0.6) is 0 Å². The topological polar surface area (TPSA) is 18.5 Å². The molecule has 1 saturated carbocycles. The molecule has 0 aromatic carbocycles. The van der Waals surface area contributed by atoms with Gasteiger partial charge in [0.15, 0.2) is 0 Å². The van der Waals surface area contributed by atoms with Gasteiger partial charge in [0.2, 0.25) is 0 Å². The average molecular weight is 294 g/mol. The quantitative estimate of drug-likeness (QED) is 0.749. The summed E-state index contributed by atoms with van der Waals surface area (Å²) in [5, 5.41) is 2.07. The molecule has 0 amide bonds. The van der Waals surface area contributed by atoms with E-state index in [-0.39, 0.29) is 5.73 Å². The van der Waals surface area contributed by atoms with E-state index < -0.39 is 18.3 Å². The van der Waals surface area contributed by atoms with Gasteiger partial charge in [-0.3, -0.25) is 0 Å². The van der Waals surface area contributed by atoms with E-state index in [1.807, 2.05) is 33.8 Å². The third kappa shape index (κ3) is 2.26. The summed E-state index contributed by atoms with van der Waals surface area (Å²) in [4.78, 5) is 1.34. The second kappa shape index (κ2) is 4.68. The third-order valence-corrected chi connectivity index (χ3v) is 5.76. The maximum absolute atomic E-state index is 14.5. The van der Waals surface area contributed by atoms with E-state index >= 15 is 0 Å². The summed E-state index contributed by atoms with van der Waals surface area (Å²) in [5.74, 6) is 0.471. The highest BCUT2D eigenvalue weighted by molar-refractivity contribution is 7.10. The minimum atomic E-state index is -0.834. The molecule has 1 aromatic rings. The fourth-order valence-electron chi connectivity index (χ4n) is 2.57. The lowest BCUT2D eigenvalue weighted by atomic mass is 9.72. The highest BCUT2D eigenvalue weighted by Crippen LogP contribution is 2.47. The fourth-order valence-corrected chi connectivity index (χ4v) is 3.40. The van der Waals surface area contributed by atoms with Gasteiger partial charge in [0.25, 0.3) is 0 Å². The summed E-state index contributed by atoms with van der Waals surface area (Å²) in [5.41, 5.74) is -0.322. The average Bonchev–Trinajstić information content (AvgIpc) is 2.84. The molecule has 1 aliphatic carbocycles. The van der Waals surface area contributed by atoms with Crippen molar-refractivity contribution in [2.24, 2.45) is 0 Å². The molecule has 2 heterocycles. The fraction of sp³-hybridized carbons (Fsp3) is 0.600. The molecule has 2 nitrogen and oxygen atoms in total. The van der Waals surface area contributed by atoms with Gasteiger partial charge in [-0.1, -0.05) is 6.07 Å². The van der Waals surface area contributed by atoms with Crippen molar-refractivity contribution in [1.82, 2.24) is 0 Å². The van der Waals surface area contributed by atoms with Crippen molar-refractivity contribution in [3.05, 3.63) is 33.7 Å². The van der Waals surface area contributed by atoms with Crippen LogP contribution in [-0.4, -0.2) is 18.3 Å². The molecule has 5 heteroatoms. The van der Waals surface area contributed by atoms with Gasteiger partial charge in [0, 0.05) is 10.8 Å². The summed E-state index contributed by atoms with van der Waals surface area (Å²) >= 11 is 1.74. The zero-order chi connectivity index (χ0) is 14.5. The van der Waals surface area contributed by atoms with Gasteiger partial charge in [0.1, 0.15) is 5.73 Å². The van der Waals surface area contributed by atoms with Crippen LogP contribution in [0.25, 0.3) is 0 Å². The van der Waals surface area contributed by atoms with Crippen LogP contribution in [0.4, 0.5) is 4.39 Å². The molecular formula is C15H20BFO2S. The summed E-state index contributed by atoms with van der Waals surface area (Å²) in [6, 6.07) is 4.17. The molecule has 20 heavy (non-hydrogen) atoms. The maximum atomic E-state index is 14.5. The Hall–Kier alpha value is -0.645. The van der Waals surface area contributed by atoms with Gasteiger partial charge in [0.05, 0.1) is 11.2 Å². The Labute approximate surface area is 124 Å². The zero-order valence-electron chi connectivity index (χ0n) is 12.4. The van der Waals surface area contributed by atoms with E-state index in [0.717, 1.165) is 18.4 Å². The Kier molecular flexibility index (Phi) is 3.35. The van der Waals surface area contributed by atoms with Crippen molar-refractivity contribution in [3.63, 3.8) is 0 Å². The molecule has 1 aliphatic heterocycles. The molecular weight excluding hydrogens is 274 g/mol. The molecule has 0 atom stereocenters. The molecule has 3 rings (SSSR count). The van der Waals surface area contributed by atoms with E-state index in [0.29, 0.717) is 5.92 Å². The molecule has 1 aromatic heterocycles. The summed E-state index contributed by atoms with van der Waals surface area (Å²) in [6.45, 7) is 7.78. The normalized spacial score (nSPS) is 27.6. The second-order valence-electron chi connectivity index (χ2n) is 6.66. The molecule has 2 aliphatic rings. The summed E-state index contributed by atoms with van der Waals surface area (Å²) in [7, 11) is -0.834. The SMILES string of the molecule is CC1(C)OB(C(F)=C2CC(c3cccs3)C2)OC1(C)C. The minimum absolute atomic E-state index is 0.212. The Balaban J connectivity index is 1.69. The van der Waals surface area contributed by atoms with E-state index in [4.69, 9.17) is 9.31 Å². The third-order valence-electron chi connectivity index (χ3n) is 4.73. The standard InChI is InChI=1S/C15H20BFO2S/c1-14(2)15(3,4)19-16(18-14)13(17)11-8-10(9-11)12-6-5-7-20-12/h5-7,10H,8-9H2,1-4H3. The maximum Gasteiger partial charge on any atom is 0.525 e. The first-order valence-electron chi connectivity index (χ1n) is 7.06. The van der Waals surface area contributed by atoms with E-state index in [2.05, 4.69) is 11.4 Å². The first kappa shape index (κ1) is 14.3. The van der Waals surface area contributed by atoms with Gasteiger partial charge in [-0.05, 0) is 57.6 Å². The summed E-state index contributed by atoms with van der Waals surface area (Å²) < 4.78 is 26.0. The molecule has 0 bridgehead atoms. The minimum Gasteiger partial charge on any atom is -0.398 e. The highest BCUT2D eigenvalue weighted by Gasteiger charge is 2.54. The van der Waals surface area contributed by atoms with Gasteiger partial charge >= 0.3 is 7.12 Å². The van der Waals surface area contributed by atoms with E-state index in [9.17, 15) is 4.39 Å². The molecule has 2 fully saturated rings. The summed E-state index contributed by atoms with van der Waals surface area (Å²) in [6.07, 6.45) is 1.58. The molecule has 0 unspecified atom stereocenters. The highest BCUT2D eigenvalue weighted by atomic mass is 32.1. The largest absolute Gasteiger partial charge is 0.525 e. The number of halogens is 1. The monoisotopic (exact) mass is 294 g/mol. The predicted molar refractivity (Wildman–Crippen MR) is 80.5 cm³/mol. The van der Waals surface area contributed by atoms with Crippen LogP contribution < -0.4 is 0 Å². The van der Waals surface area contributed by atoms with Crippen molar-refractivity contribution < 1.29 is 13.7 Å². The molecule has 0 radical (unpaired) electrons. The van der Waals surface area contributed by atoms with Crippen molar-refractivity contribution in [1.29, 1.82) is 0 Å². The van der Waals surface area contributed by atoms with Gasteiger partial charge in [-0.25, -0.2) is 4.39 Å². The van der Waals surface area contributed by atoms with Crippen LogP contribution in [0.2, 0.25) is 0 Å². The Bertz CT molecular complexity index is 512. The molecule has 0 spiro atoms. The van der Waals surface area contributed by atoms with Crippen LogP contribution >= 0.6 is 11.3 Å². The van der Waals surface area contributed by atoms with Crippen molar-refractivity contribution >= 4 is 18.5 Å². The molecule has 108 valence electrons. The smallest absolute Gasteiger partial charge is 0.398 e. The number of thiophene rings is 1. The van der Waals surface area contributed by atoms with Crippen molar-refractivity contribution in [3.8, 4) is 0 Å². The van der Waals surface area contributed by atoms with E-state index in [1.54, 1.807) is 11.3 Å². The molecule has 1 saturated heterocycles. The van der Waals surface area contributed by atoms with Gasteiger partial charge < -0.3 is 9.31 Å². The first-order chi connectivity index (χ1) is 9.30. The van der Waals surface area contributed by atoms with E-state index in [1.165, 1.54) is 4.88 Å². The van der Waals surface area contributed by atoms with Crippen LogP contribution in [0.3, 0.4) is 0 Å². The number of rotatable bonds is 2. The lowest BCUT2D eigenvalue weighted by Gasteiger charge is -2.32. The van der Waals surface area contributed by atoms with Crippen LogP contribution in [0, 0.1) is 0 Å². The van der Waals surface area contributed by atoms with Crippen LogP contribution in [-0.2, 0) is 9.31 Å². The number of hydrogen-bond acceptors (Lipinski definition) is 3. The van der Waals surface area contributed by atoms with Gasteiger partial charge in [-0.15, -0.1) is 11.3 Å². The van der Waals surface area contributed by atoms with Gasteiger partial charge in [-0.2, -0.15) is 0 Å².